The summed E-state index contributed by atoms with van der Waals surface area (Å²) in [7, 11) is 3.92. The van der Waals surface area contributed by atoms with Gasteiger partial charge in [-0.2, -0.15) is 0 Å². The Balaban J connectivity index is 2.44. The molecule has 1 rings (SSSR count). The van der Waals surface area contributed by atoms with Crippen LogP contribution in [-0.2, 0) is 11.3 Å². The minimum Gasteiger partial charge on any atom is -0.384 e. The molecule has 0 aliphatic carbocycles. The lowest BCUT2D eigenvalue weighted by Gasteiger charge is -2.29. The standard InChI is InChI=1S/C14H23NO/c1-14(2,12-16-4)11-15(3)10-13-8-6-5-7-9-13/h5-9H,10-12H2,1-4H3. The number of ether oxygens (including phenoxy) is 1. The maximum atomic E-state index is 5.23. The summed E-state index contributed by atoms with van der Waals surface area (Å²) in [6, 6.07) is 10.6. The van der Waals surface area contributed by atoms with E-state index in [0.29, 0.717) is 0 Å². The largest absolute Gasteiger partial charge is 0.384 e. The topological polar surface area (TPSA) is 12.5 Å². The van der Waals surface area contributed by atoms with Gasteiger partial charge in [-0.1, -0.05) is 44.2 Å². The van der Waals surface area contributed by atoms with Crippen LogP contribution in [0, 0.1) is 5.41 Å². The number of benzene rings is 1. The van der Waals surface area contributed by atoms with Crippen LogP contribution in [0.5, 0.6) is 0 Å². The Bertz CT molecular complexity index is 295. The molecule has 0 saturated heterocycles. The van der Waals surface area contributed by atoms with Crippen LogP contribution in [0.1, 0.15) is 19.4 Å². The van der Waals surface area contributed by atoms with Crippen LogP contribution in [0.15, 0.2) is 30.3 Å². The lowest BCUT2D eigenvalue weighted by molar-refractivity contribution is 0.0755. The Morgan fingerprint density at radius 2 is 1.81 bits per heavy atom. The van der Waals surface area contributed by atoms with Crippen molar-refractivity contribution in [2.24, 2.45) is 5.41 Å². The van der Waals surface area contributed by atoms with Gasteiger partial charge in [0.15, 0.2) is 0 Å². The van der Waals surface area contributed by atoms with E-state index in [2.05, 4.69) is 56.1 Å². The van der Waals surface area contributed by atoms with Crippen molar-refractivity contribution in [3.8, 4) is 0 Å². The van der Waals surface area contributed by atoms with Gasteiger partial charge in [-0.3, -0.25) is 0 Å². The Morgan fingerprint density at radius 1 is 1.19 bits per heavy atom. The van der Waals surface area contributed by atoms with Crippen LogP contribution in [0.4, 0.5) is 0 Å². The number of hydrogen-bond donors (Lipinski definition) is 0. The predicted molar refractivity (Wildman–Crippen MR) is 68.4 cm³/mol. The van der Waals surface area contributed by atoms with E-state index < -0.39 is 0 Å². The fourth-order valence-electron chi connectivity index (χ4n) is 2.12. The van der Waals surface area contributed by atoms with Gasteiger partial charge in [0.1, 0.15) is 0 Å². The maximum Gasteiger partial charge on any atom is 0.0525 e. The van der Waals surface area contributed by atoms with E-state index in [1.165, 1.54) is 5.56 Å². The van der Waals surface area contributed by atoms with Crippen molar-refractivity contribution < 1.29 is 4.74 Å². The van der Waals surface area contributed by atoms with Gasteiger partial charge in [0.25, 0.3) is 0 Å². The zero-order valence-electron chi connectivity index (χ0n) is 10.9. The molecule has 0 saturated carbocycles. The first kappa shape index (κ1) is 13.2. The number of nitrogens with zero attached hydrogens (tertiary/aromatic N) is 1. The molecule has 0 heterocycles. The molecule has 0 fully saturated rings. The van der Waals surface area contributed by atoms with Crippen LogP contribution >= 0.6 is 0 Å². The number of methoxy groups -OCH3 is 1. The molecule has 0 aliphatic heterocycles. The zero-order valence-corrected chi connectivity index (χ0v) is 10.9. The van der Waals surface area contributed by atoms with Crippen molar-refractivity contribution in [3.63, 3.8) is 0 Å². The molecule has 0 N–H and O–H groups in total. The summed E-state index contributed by atoms with van der Waals surface area (Å²) >= 11 is 0. The number of rotatable bonds is 6. The third kappa shape index (κ3) is 4.77. The van der Waals surface area contributed by atoms with Crippen LogP contribution in [0.2, 0.25) is 0 Å². The Morgan fingerprint density at radius 3 is 2.38 bits per heavy atom. The molecule has 0 spiro atoms. The molecule has 2 heteroatoms. The molecule has 0 aliphatic rings. The molecule has 1 aromatic rings. The van der Waals surface area contributed by atoms with E-state index in [0.717, 1.165) is 19.7 Å². The molecule has 0 aromatic heterocycles. The maximum absolute atomic E-state index is 5.23. The van der Waals surface area contributed by atoms with Crippen molar-refractivity contribution >= 4 is 0 Å². The summed E-state index contributed by atoms with van der Waals surface area (Å²) in [5.41, 5.74) is 1.57. The highest BCUT2D eigenvalue weighted by Gasteiger charge is 2.19. The fourth-order valence-corrected chi connectivity index (χ4v) is 2.12. The number of hydrogen-bond acceptors (Lipinski definition) is 2. The highest BCUT2D eigenvalue weighted by molar-refractivity contribution is 5.14. The van der Waals surface area contributed by atoms with E-state index in [1.54, 1.807) is 7.11 Å². The predicted octanol–water partition coefficient (Wildman–Crippen LogP) is 2.79. The fraction of sp³-hybridized carbons (Fsp3) is 0.571. The van der Waals surface area contributed by atoms with Crippen molar-refractivity contribution in [1.82, 2.24) is 4.90 Å². The Kier molecular flexibility index (Phi) is 4.97. The van der Waals surface area contributed by atoms with Crippen LogP contribution in [0.3, 0.4) is 0 Å². The Labute approximate surface area is 99.2 Å². The lowest BCUT2D eigenvalue weighted by Crippen LogP contribution is -2.34. The third-order valence-corrected chi connectivity index (χ3v) is 2.53. The van der Waals surface area contributed by atoms with E-state index in [4.69, 9.17) is 4.74 Å². The van der Waals surface area contributed by atoms with Crippen LogP contribution in [-0.4, -0.2) is 32.2 Å². The second-order valence-corrected chi connectivity index (χ2v) is 5.26. The smallest absolute Gasteiger partial charge is 0.0525 e. The monoisotopic (exact) mass is 221 g/mol. The van der Waals surface area contributed by atoms with E-state index in [-0.39, 0.29) is 5.41 Å². The first-order valence-electron chi connectivity index (χ1n) is 5.75. The van der Waals surface area contributed by atoms with Gasteiger partial charge in [0.05, 0.1) is 6.61 Å². The molecular formula is C14H23NO. The average Bonchev–Trinajstić information content (AvgIpc) is 2.17. The first-order valence-corrected chi connectivity index (χ1v) is 5.75. The van der Waals surface area contributed by atoms with Gasteiger partial charge in [0, 0.05) is 25.6 Å². The van der Waals surface area contributed by atoms with Gasteiger partial charge in [-0.05, 0) is 12.6 Å². The van der Waals surface area contributed by atoms with Gasteiger partial charge in [0.2, 0.25) is 0 Å². The second-order valence-electron chi connectivity index (χ2n) is 5.26. The SMILES string of the molecule is COCC(C)(C)CN(C)Cc1ccccc1. The summed E-state index contributed by atoms with van der Waals surface area (Å²) in [5, 5.41) is 0. The Hall–Kier alpha value is -0.860. The van der Waals surface area contributed by atoms with Crippen molar-refractivity contribution in [3.05, 3.63) is 35.9 Å². The molecule has 1 aromatic carbocycles. The second kappa shape index (κ2) is 6.02. The molecular weight excluding hydrogens is 198 g/mol. The zero-order chi connectivity index (χ0) is 12.0. The third-order valence-electron chi connectivity index (χ3n) is 2.53. The highest BCUT2D eigenvalue weighted by atomic mass is 16.5. The van der Waals surface area contributed by atoms with Crippen molar-refractivity contribution in [1.29, 1.82) is 0 Å². The van der Waals surface area contributed by atoms with Gasteiger partial charge in [-0.25, -0.2) is 0 Å². The summed E-state index contributed by atoms with van der Waals surface area (Å²) in [5.74, 6) is 0. The molecule has 0 unspecified atom stereocenters. The summed E-state index contributed by atoms with van der Waals surface area (Å²) < 4.78 is 5.23. The van der Waals surface area contributed by atoms with Crippen molar-refractivity contribution in [2.45, 2.75) is 20.4 Å². The quantitative estimate of drug-likeness (QED) is 0.732. The van der Waals surface area contributed by atoms with E-state index in [1.807, 2.05) is 0 Å². The van der Waals surface area contributed by atoms with Gasteiger partial charge in [-0.15, -0.1) is 0 Å². The van der Waals surface area contributed by atoms with E-state index in [9.17, 15) is 0 Å². The minimum atomic E-state index is 0.207. The first-order chi connectivity index (χ1) is 7.53. The summed E-state index contributed by atoms with van der Waals surface area (Å²) in [6.07, 6.45) is 0. The molecule has 0 atom stereocenters. The van der Waals surface area contributed by atoms with Crippen LogP contribution in [0.25, 0.3) is 0 Å². The average molecular weight is 221 g/mol. The lowest BCUT2D eigenvalue weighted by atomic mass is 9.94. The normalized spacial score (nSPS) is 12.1. The van der Waals surface area contributed by atoms with Crippen LogP contribution < -0.4 is 0 Å². The molecule has 0 bridgehead atoms. The molecule has 0 amide bonds. The molecule has 90 valence electrons. The summed E-state index contributed by atoms with van der Waals surface area (Å²) in [4.78, 5) is 2.34. The summed E-state index contributed by atoms with van der Waals surface area (Å²) in [6.45, 7) is 7.30. The van der Waals surface area contributed by atoms with Crippen molar-refractivity contribution in [2.75, 3.05) is 27.3 Å². The highest BCUT2D eigenvalue weighted by Crippen LogP contribution is 2.17. The van der Waals surface area contributed by atoms with Gasteiger partial charge < -0.3 is 9.64 Å². The molecule has 2 nitrogen and oxygen atoms in total. The molecule has 16 heavy (non-hydrogen) atoms. The van der Waals surface area contributed by atoms with E-state index >= 15 is 0 Å². The molecule has 0 radical (unpaired) electrons. The minimum absolute atomic E-state index is 0.207. The van der Waals surface area contributed by atoms with Gasteiger partial charge >= 0.3 is 0 Å².